The number of carbonyl (C=O) groups is 2. The second-order valence-electron chi connectivity index (χ2n) is 20.7. The highest BCUT2D eigenvalue weighted by Gasteiger charge is 2.20. The van der Waals surface area contributed by atoms with Crippen LogP contribution in [0, 0.1) is 0 Å². The first-order valence-corrected chi connectivity index (χ1v) is 29.9. The Hall–Kier alpha value is -1.40. The quantitative estimate of drug-likeness (QED) is 0.0321. The summed E-state index contributed by atoms with van der Waals surface area (Å²) < 4.78 is 5.48. The molecule has 66 heavy (non-hydrogen) atoms. The number of unbranched alkanes of at least 4 members (excludes halogenated alkanes) is 43. The smallest absolute Gasteiger partial charge is 0.305 e. The molecule has 2 unspecified atom stereocenters. The molecular formula is C60H117NO5. The largest absolute Gasteiger partial charge is 0.466 e. The van der Waals surface area contributed by atoms with Crippen molar-refractivity contribution in [2.45, 2.75) is 347 Å². The van der Waals surface area contributed by atoms with Gasteiger partial charge in [-0.3, -0.25) is 9.59 Å². The standard InChI is InChI=1S/C60H117NO5/c1-3-5-7-9-11-13-15-17-19-20-21-25-28-32-36-40-44-48-52-58(63)57(56-62)61-59(64)53-49-45-41-37-33-29-26-22-23-27-31-35-39-43-47-51-55-66-60(65)54-50-46-42-38-34-30-24-18-16-14-12-10-8-6-4-2/h22,26,57-58,62-63H,3-21,23-25,27-56H2,1-2H3,(H,61,64)/b26-22-. The molecule has 1 amide bonds. The highest BCUT2D eigenvalue weighted by molar-refractivity contribution is 5.76. The van der Waals surface area contributed by atoms with E-state index in [1.165, 1.54) is 238 Å². The zero-order chi connectivity index (χ0) is 47.9. The Morgan fingerprint density at radius 3 is 1.08 bits per heavy atom. The molecule has 6 heteroatoms. The highest BCUT2D eigenvalue weighted by Crippen LogP contribution is 2.18. The normalized spacial score (nSPS) is 12.6. The summed E-state index contributed by atoms with van der Waals surface area (Å²) in [4.78, 5) is 24.5. The maximum Gasteiger partial charge on any atom is 0.305 e. The van der Waals surface area contributed by atoms with Gasteiger partial charge >= 0.3 is 5.97 Å². The topological polar surface area (TPSA) is 95.9 Å². The van der Waals surface area contributed by atoms with Crippen LogP contribution in [0.2, 0.25) is 0 Å². The van der Waals surface area contributed by atoms with E-state index in [0.29, 0.717) is 25.9 Å². The molecule has 2 atom stereocenters. The number of hydrogen-bond donors (Lipinski definition) is 3. The third kappa shape index (κ3) is 52.0. The molecule has 0 rings (SSSR count). The van der Waals surface area contributed by atoms with Crippen LogP contribution in [-0.2, 0) is 14.3 Å². The molecule has 392 valence electrons. The van der Waals surface area contributed by atoms with Gasteiger partial charge in [-0.1, -0.05) is 283 Å². The Balaban J connectivity index is 3.45. The number of aliphatic hydroxyl groups is 2. The van der Waals surface area contributed by atoms with Gasteiger partial charge in [-0.25, -0.2) is 0 Å². The minimum absolute atomic E-state index is 0.000891. The summed E-state index contributed by atoms with van der Waals surface area (Å²) in [5, 5.41) is 23.3. The lowest BCUT2D eigenvalue weighted by Crippen LogP contribution is -2.45. The van der Waals surface area contributed by atoms with E-state index in [-0.39, 0.29) is 18.5 Å². The van der Waals surface area contributed by atoms with Crippen molar-refractivity contribution in [2.24, 2.45) is 0 Å². The molecule has 0 heterocycles. The van der Waals surface area contributed by atoms with Gasteiger partial charge in [0.15, 0.2) is 0 Å². The molecule has 0 saturated heterocycles. The number of allylic oxidation sites excluding steroid dienone is 2. The van der Waals surface area contributed by atoms with Crippen LogP contribution in [0.4, 0.5) is 0 Å². The van der Waals surface area contributed by atoms with Crippen molar-refractivity contribution in [1.29, 1.82) is 0 Å². The van der Waals surface area contributed by atoms with Crippen molar-refractivity contribution < 1.29 is 24.5 Å². The van der Waals surface area contributed by atoms with E-state index < -0.39 is 12.1 Å². The van der Waals surface area contributed by atoms with Crippen molar-refractivity contribution in [2.75, 3.05) is 13.2 Å². The van der Waals surface area contributed by atoms with E-state index >= 15 is 0 Å². The lowest BCUT2D eigenvalue weighted by Gasteiger charge is -2.22. The molecule has 0 aromatic carbocycles. The van der Waals surface area contributed by atoms with Crippen LogP contribution in [-0.4, -0.2) is 47.4 Å². The van der Waals surface area contributed by atoms with Crippen LogP contribution in [0.5, 0.6) is 0 Å². The van der Waals surface area contributed by atoms with Crippen molar-refractivity contribution in [3.8, 4) is 0 Å². The summed E-state index contributed by atoms with van der Waals surface area (Å²) in [7, 11) is 0. The van der Waals surface area contributed by atoms with Crippen LogP contribution in [0.1, 0.15) is 335 Å². The van der Waals surface area contributed by atoms with Gasteiger partial charge < -0.3 is 20.3 Å². The molecule has 3 N–H and O–H groups in total. The highest BCUT2D eigenvalue weighted by atomic mass is 16.5. The predicted molar refractivity (Wildman–Crippen MR) is 287 cm³/mol. The SMILES string of the molecule is CCCCCCCCCCCCCCCCCCCCC(O)C(CO)NC(=O)CCCCCCC/C=C\CCCCCCCCCOC(=O)CCCCCCCCCCCCCCCCC. The van der Waals surface area contributed by atoms with Gasteiger partial charge in [-0.05, 0) is 51.4 Å². The van der Waals surface area contributed by atoms with Crippen LogP contribution in [0.3, 0.4) is 0 Å². The van der Waals surface area contributed by atoms with Crippen molar-refractivity contribution in [3.05, 3.63) is 12.2 Å². The number of carbonyl (C=O) groups excluding carboxylic acids is 2. The number of rotatable bonds is 56. The minimum Gasteiger partial charge on any atom is -0.466 e. The van der Waals surface area contributed by atoms with Crippen molar-refractivity contribution in [1.82, 2.24) is 5.32 Å². The van der Waals surface area contributed by atoms with E-state index in [2.05, 4.69) is 31.3 Å². The summed E-state index contributed by atoms with van der Waals surface area (Å²) in [6.07, 6.45) is 66.3. The summed E-state index contributed by atoms with van der Waals surface area (Å²) in [6.45, 7) is 4.96. The Bertz CT molecular complexity index is 986. The number of aliphatic hydroxyl groups excluding tert-OH is 2. The van der Waals surface area contributed by atoms with Crippen LogP contribution in [0.25, 0.3) is 0 Å². The second kappa shape index (κ2) is 56.2. The first-order chi connectivity index (χ1) is 32.5. The van der Waals surface area contributed by atoms with E-state index in [4.69, 9.17) is 4.74 Å². The number of hydrogen-bond acceptors (Lipinski definition) is 5. The van der Waals surface area contributed by atoms with Gasteiger partial charge in [-0.2, -0.15) is 0 Å². The summed E-state index contributed by atoms with van der Waals surface area (Å²) >= 11 is 0. The Morgan fingerprint density at radius 1 is 0.409 bits per heavy atom. The van der Waals surface area contributed by atoms with E-state index in [0.717, 1.165) is 64.2 Å². The molecule has 0 aromatic heterocycles. The first-order valence-electron chi connectivity index (χ1n) is 29.9. The van der Waals surface area contributed by atoms with Gasteiger partial charge in [0.05, 0.1) is 25.4 Å². The molecule has 0 bridgehead atoms. The van der Waals surface area contributed by atoms with Crippen molar-refractivity contribution in [3.63, 3.8) is 0 Å². The van der Waals surface area contributed by atoms with Crippen LogP contribution < -0.4 is 5.32 Å². The first kappa shape index (κ1) is 64.6. The number of amides is 1. The third-order valence-electron chi connectivity index (χ3n) is 14.1. The molecule has 6 nitrogen and oxygen atoms in total. The van der Waals surface area contributed by atoms with E-state index in [1.807, 2.05) is 0 Å². The second-order valence-corrected chi connectivity index (χ2v) is 20.7. The van der Waals surface area contributed by atoms with Crippen LogP contribution in [0.15, 0.2) is 12.2 Å². The predicted octanol–water partition coefficient (Wildman–Crippen LogP) is 18.5. The van der Waals surface area contributed by atoms with E-state index in [9.17, 15) is 19.8 Å². The fourth-order valence-corrected chi connectivity index (χ4v) is 9.46. The maximum atomic E-state index is 12.5. The zero-order valence-electron chi connectivity index (χ0n) is 44.7. The molecule has 0 aromatic rings. The monoisotopic (exact) mass is 932 g/mol. The molecule has 0 aliphatic carbocycles. The lowest BCUT2D eigenvalue weighted by molar-refractivity contribution is -0.143. The fraction of sp³-hybridized carbons (Fsp3) is 0.933. The van der Waals surface area contributed by atoms with Gasteiger partial charge in [-0.15, -0.1) is 0 Å². The zero-order valence-corrected chi connectivity index (χ0v) is 44.7. The summed E-state index contributed by atoms with van der Waals surface area (Å²) in [5.74, 6) is -0.0480. The Kier molecular flexibility index (Phi) is 55.0. The number of esters is 1. The van der Waals surface area contributed by atoms with Gasteiger partial charge in [0.25, 0.3) is 0 Å². The molecule has 0 fully saturated rings. The van der Waals surface area contributed by atoms with Crippen molar-refractivity contribution >= 4 is 11.9 Å². The van der Waals surface area contributed by atoms with Gasteiger partial charge in [0.1, 0.15) is 0 Å². The average Bonchev–Trinajstić information content (AvgIpc) is 3.32. The Labute approximate surface area is 412 Å². The summed E-state index contributed by atoms with van der Waals surface area (Å²) in [6, 6.07) is -0.553. The lowest BCUT2D eigenvalue weighted by atomic mass is 10.0. The molecular weight excluding hydrogens is 815 g/mol. The minimum atomic E-state index is -0.674. The summed E-state index contributed by atoms with van der Waals surface area (Å²) in [5.41, 5.74) is 0. The molecule has 0 spiro atoms. The number of ether oxygens (including phenoxy) is 1. The van der Waals surface area contributed by atoms with Gasteiger partial charge in [0.2, 0.25) is 5.91 Å². The molecule has 0 radical (unpaired) electrons. The fourth-order valence-electron chi connectivity index (χ4n) is 9.46. The average molecular weight is 933 g/mol. The Morgan fingerprint density at radius 2 is 0.712 bits per heavy atom. The molecule has 0 aliphatic rings. The van der Waals surface area contributed by atoms with Crippen LogP contribution >= 0.6 is 0 Å². The van der Waals surface area contributed by atoms with E-state index in [1.54, 1.807) is 0 Å². The number of nitrogens with one attached hydrogen (secondary N) is 1. The maximum absolute atomic E-state index is 12.5. The third-order valence-corrected chi connectivity index (χ3v) is 14.1. The van der Waals surface area contributed by atoms with Gasteiger partial charge in [0, 0.05) is 12.8 Å². The molecule has 0 saturated carbocycles. The molecule has 0 aliphatic heterocycles.